The maximum Gasteiger partial charge on any atom is 0.458 e. The van der Waals surface area contributed by atoms with E-state index in [-0.39, 0.29) is 18.3 Å². The van der Waals surface area contributed by atoms with Crippen molar-refractivity contribution in [2.24, 2.45) is 5.92 Å². The molecule has 3 rings (SSSR count). The van der Waals surface area contributed by atoms with Gasteiger partial charge in [0.2, 0.25) is 8.32 Å². The Morgan fingerprint density at radius 2 is 1.38 bits per heavy atom. The summed E-state index contributed by atoms with van der Waals surface area (Å²) in [5, 5.41) is 1.33. The van der Waals surface area contributed by atoms with Gasteiger partial charge in [-0.15, -0.1) is 0 Å². The fraction of sp³-hybridized carbons (Fsp3) is 0.500. The molecule has 156 valence electrons. The Bertz CT molecular complexity index is 761. The Morgan fingerprint density at radius 3 is 1.93 bits per heavy atom. The Kier molecular flexibility index (Phi) is 6.74. The van der Waals surface area contributed by atoms with Gasteiger partial charge in [-0.3, -0.25) is 0 Å². The van der Waals surface area contributed by atoms with Crippen molar-refractivity contribution in [2.45, 2.75) is 64.7 Å². The van der Waals surface area contributed by atoms with Crippen LogP contribution in [0.25, 0.3) is 0 Å². The quantitative estimate of drug-likeness (QED) is 0.569. The van der Waals surface area contributed by atoms with E-state index in [2.05, 4.69) is 101 Å². The van der Waals surface area contributed by atoms with Crippen LogP contribution in [0.15, 0.2) is 60.7 Å². The second-order valence-electron chi connectivity index (χ2n) is 9.66. The molecule has 2 aromatic carbocycles. The first-order valence-electron chi connectivity index (χ1n) is 10.7. The third kappa shape index (κ3) is 5.60. The van der Waals surface area contributed by atoms with E-state index in [4.69, 9.17) is 13.7 Å². The van der Waals surface area contributed by atoms with Gasteiger partial charge in [0.15, 0.2) is 0 Å². The monoisotopic (exact) mass is 410 g/mol. The van der Waals surface area contributed by atoms with Crippen molar-refractivity contribution < 1.29 is 13.7 Å². The van der Waals surface area contributed by atoms with Crippen LogP contribution in [0.1, 0.15) is 33.3 Å². The molecule has 3 nitrogen and oxygen atoms in total. The highest BCUT2D eigenvalue weighted by atomic mass is 28.4. The molecule has 1 unspecified atom stereocenters. The molecular weight excluding hydrogens is 375 g/mol. The van der Waals surface area contributed by atoms with Crippen molar-refractivity contribution in [3.8, 4) is 0 Å². The van der Waals surface area contributed by atoms with Crippen molar-refractivity contribution in [2.75, 3.05) is 6.61 Å². The molecule has 2 aromatic rings. The van der Waals surface area contributed by atoms with Gasteiger partial charge in [0, 0.05) is 6.61 Å². The molecule has 0 radical (unpaired) electrons. The molecule has 29 heavy (non-hydrogen) atoms. The first-order chi connectivity index (χ1) is 13.6. The summed E-state index contributed by atoms with van der Waals surface area (Å²) < 4.78 is 19.2. The zero-order valence-corrected chi connectivity index (χ0v) is 19.8. The van der Waals surface area contributed by atoms with Gasteiger partial charge in [0.05, 0.1) is 11.2 Å². The first kappa shape index (κ1) is 22.3. The summed E-state index contributed by atoms with van der Waals surface area (Å²) in [6, 6.07) is 21.3. The van der Waals surface area contributed by atoms with Gasteiger partial charge in [-0.25, -0.2) is 0 Å². The normalized spacial score (nSPS) is 19.3. The van der Waals surface area contributed by atoms with E-state index in [9.17, 15) is 0 Å². The van der Waals surface area contributed by atoms with Crippen LogP contribution in [-0.2, 0) is 20.2 Å². The van der Waals surface area contributed by atoms with E-state index in [1.807, 2.05) is 0 Å². The summed E-state index contributed by atoms with van der Waals surface area (Å²) in [5.41, 5.74) is 0.735. The highest BCUT2D eigenvalue weighted by Crippen LogP contribution is 2.39. The third-order valence-electron chi connectivity index (χ3n) is 6.34. The van der Waals surface area contributed by atoms with Gasteiger partial charge >= 0.3 is 7.12 Å². The number of benzene rings is 2. The molecule has 0 amide bonds. The molecule has 1 heterocycles. The molecule has 1 aliphatic rings. The highest BCUT2D eigenvalue weighted by molar-refractivity contribution is 6.84. The van der Waals surface area contributed by atoms with Crippen molar-refractivity contribution in [3.05, 3.63) is 66.2 Å². The van der Waals surface area contributed by atoms with Crippen LogP contribution in [-0.4, -0.2) is 33.2 Å². The van der Waals surface area contributed by atoms with E-state index in [1.165, 1.54) is 10.8 Å². The predicted molar refractivity (Wildman–Crippen MR) is 124 cm³/mol. The predicted octanol–water partition coefficient (Wildman–Crippen LogP) is 5.07. The molecule has 0 aromatic heterocycles. The molecule has 0 bridgehead atoms. The van der Waals surface area contributed by atoms with Crippen molar-refractivity contribution in [3.63, 3.8) is 0 Å². The van der Waals surface area contributed by atoms with Crippen LogP contribution in [0.5, 0.6) is 0 Å². The SMILES string of the molecule is CC1(C)OB(CC(CO[Si](C)(C)c2ccccc2)Cc2ccccc2)OC1(C)C. The molecular formula is C24H35BO3Si. The summed E-state index contributed by atoms with van der Waals surface area (Å²) in [6.45, 7) is 13.7. The molecule has 5 heteroatoms. The molecule has 0 N–H and O–H groups in total. The van der Waals surface area contributed by atoms with Gasteiger partial charge in [0.1, 0.15) is 0 Å². The van der Waals surface area contributed by atoms with Crippen LogP contribution in [0.3, 0.4) is 0 Å². The van der Waals surface area contributed by atoms with Gasteiger partial charge < -0.3 is 13.7 Å². The Labute approximate surface area is 178 Å². The second kappa shape index (κ2) is 8.76. The molecule has 0 aliphatic carbocycles. The summed E-state index contributed by atoms with van der Waals surface area (Å²) in [4.78, 5) is 0. The lowest BCUT2D eigenvalue weighted by atomic mass is 9.75. The minimum absolute atomic E-state index is 0.196. The number of hydrogen-bond donors (Lipinski definition) is 0. The minimum Gasteiger partial charge on any atom is -0.413 e. The van der Waals surface area contributed by atoms with Crippen molar-refractivity contribution in [1.29, 1.82) is 0 Å². The molecule has 1 fully saturated rings. The Hall–Kier alpha value is -1.40. The third-order valence-corrected chi connectivity index (χ3v) is 8.96. The summed E-state index contributed by atoms with van der Waals surface area (Å²) in [5.74, 6) is 0.336. The molecule has 0 saturated carbocycles. The second-order valence-corrected chi connectivity index (χ2v) is 13.6. The zero-order chi connectivity index (χ0) is 21.1. The van der Waals surface area contributed by atoms with E-state index >= 15 is 0 Å². The maximum atomic E-state index is 6.59. The summed E-state index contributed by atoms with van der Waals surface area (Å²) in [6.07, 6.45) is 1.80. The largest absolute Gasteiger partial charge is 0.458 e. The van der Waals surface area contributed by atoms with Crippen LogP contribution in [0, 0.1) is 5.92 Å². The Morgan fingerprint density at radius 1 is 0.862 bits per heavy atom. The van der Waals surface area contributed by atoms with Gasteiger partial charge in [-0.2, -0.15) is 0 Å². The van der Waals surface area contributed by atoms with Gasteiger partial charge in [-0.05, 0) is 70.2 Å². The Balaban J connectivity index is 1.70. The van der Waals surface area contributed by atoms with Crippen molar-refractivity contribution >= 4 is 20.6 Å². The average molecular weight is 410 g/mol. The number of hydrogen-bond acceptors (Lipinski definition) is 3. The standard InChI is InChI=1S/C24H35BO3Si/c1-23(2)24(3,4)28-25(27-23)18-21(17-20-13-9-7-10-14-20)19-26-29(5,6)22-15-11-8-12-16-22/h7-16,21H,17-19H2,1-6H3. The lowest BCUT2D eigenvalue weighted by molar-refractivity contribution is 0.00578. The van der Waals surface area contributed by atoms with E-state index in [1.54, 1.807) is 0 Å². The van der Waals surface area contributed by atoms with E-state index in [0.29, 0.717) is 12.5 Å². The molecule has 1 saturated heterocycles. The molecule has 0 spiro atoms. The van der Waals surface area contributed by atoms with E-state index < -0.39 is 8.32 Å². The topological polar surface area (TPSA) is 27.7 Å². The summed E-state index contributed by atoms with van der Waals surface area (Å²) in [7, 11) is -2.15. The van der Waals surface area contributed by atoms with Gasteiger partial charge in [0.25, 0.3) is 0 Å². The van der Waals surface area contributed by atoms with Crippen molar-refractivity contribution in [1.82, 2.24) is 0 Å². The van der Waals surface area contributed by atoms with Crippen LogP contribution < -0.4 is 5.19 Å². The van der Waals surface area contributed by atoms with Gasteiger partial charge in [-0.1, -0.05) is 60.7 Å². The fourth-order valence-corrected chi connectivity index (χ4v) is 5.55. The highest BCUT2D eigenvalue weighted by Gasteiger charge is 2.51. The summed E-state index contributed by atoms with van der Waals surface area (Å²) >= 11 is 0. The number of rotatable bonds is 8. The molecule has 1 atom stereocenters. The van der Waals surface area contributed by atoms with Crippen LogP contribution >= 0.6 is 0 Å². The van der Waals surface area contributed by atoms with Crippen LogP contribution in [0.4, 0.5) is 0 Å². The first-order valence-corrected chi connectivity index (χ1v) is 13.6. The molecule has 1 aliphatic heterocycles. The maximum absolute atomic E-state index is 6.59. The minimum atomic E-state index is -1.95. The average Bonchev–Trinajstić information content (AvgIpc) is 2.87. The zero-order valence-electron chi connectivity index (χ0n) is 18.8. The lowest BCUT2D eigenvalue weighted by Gasteiger charge is -2.32. The smallest absolute Gasteiger partial charge is 0.413 e. The van der Waals surface area contributed by atoms with E-state index in [0.717, 1.165) is 12.7 Å². The lowest BCUT2D eigenvalue weighted by Crippen LogP contribution is -2.46. The van der Waals surface area contributed by atoms with Crippen LogP contribution in [0.2, 0.25) is 19.4 Å². The fourth-order valence-electron chi connectivity index (χ4n) is 3.74.